The van der Waals surface area contributed by atoms with Crippen LogP contribution in [0.25, 0.3) is 65.7 Å². The van der Waals surface area contributed by atoms with Crippen molar-refractivity contribution >= 4 is 49.4 Å². The van der Waals surface area contributed by atoms with E-state index >= 15 is 0 Å². The standard InChI is InChI=1S/C55H35N/c1-2-19-37(20-3-1)56(52-32-16-18-36-17-4-5-21-39(36)52)38-33-34-51-48(35-38)43-25-7-6-22-40(43)44-26-12-14-30-49(44)55(51)50-31-15-13-29-47(50)53-45-27-10-8-23-41(45)42-24-9-11-28-46(42)54(53)55/h1-35H. The number of hydrogen-bond donors (Lipinski definition) is 0. The molecule has 1 atom stereocenters. The largest absolute Gasteiger partial charge is 0.310 e. The SMILES string of the molecule is c1ccc(N(c2ccc3c(c2)-c2ccccc2-c2ccccc2C32c3ccccc3-c3c2c2ccccc2c2ccccc32)c2cccc3ccccc23)cc1. The molecule has 0 amide bonds. The molecule has 10 aromatic rings. The fourth-order valence-corrected chi connectivity index (χ4v) is 10.3. The molecule has 0 heterocycles. The third-order valence-corrected chi connectivity index (χ3v) is 12.4. The first kappa shape index (κ1) is 31.2. The van der Waals surface area contributed by atoms with E-state index in [-0.39, 0.29) is 0 Å². The van der Waals surface area contributed by atoms with Gasteiger partial charge in [-0.25, -0.2) is 0 Å². The Hall–Kier alpha value is -7.22. The normalized spacial score (nSPS) is 14.9. The van der Waals surface area contributed by atoms with Crippen molar-refractivity contribution in [1.82, 2.24) is 0 Å². The van der Waals surface area contributed by atoms with Crippen LogP contribution in [0.5, 0.6) is 0 Å². The summed E-state index contributed by atoms with van der Waals surface area (Å²) < 4.78 is 0. The molecule has 0 fully saturated rings. The first-order chi connectivity index (χ1) is 27.8. The Labute approximate surface area is 326 Å². The highest BCUT2D eigenvalue weighted by molar-refractivity contribution is 6.20. The second-order valence-corrected chi connectivity index (χ2v) is 15.1. The molecule has 1 nitrogen and oxygen atoms in total. The Morgan fingerprint density at radius 2 is 0.821 bits per heavy atom. The molecule has 1 spiro atoms. The summed E-state index contributed by atoms with van der Waals surface area (Å²) in [6, 6.07) is 79.1. The van der Waals surface area contributed by atoms with Gasteiger partial charge in [0.15, 0.2) is 0 Å². The highest BCUT2D eigenvalue weighted by Crippen LogP contribution is 2.64. The summed E-state index contributed by atoms with van der Waals surface area (Å²) in [5, 5.41) is 7.62. The van der Waals surface area contributed by atoms with E-state index < -0.39 is 5.41 Å². The summed E-state index contributed by atoms with van der Waals surface area (Å²) in [5.41, 5.74) is 15.8. The molecule has 0 aliphatic heterocycles. The van der Waals surface area contributed by atoms with Gasteiger partial charge in [-0.3, -0.25) is 0 Å². The summed E-state index contributed by atoms with van der Waals surface area (Å²) in [4.78, 5) is 2.44. The van der Waals surface area contributed by atoms with Crippen molar-refractivity contribution in [3.63, 3.8) is 0 Å². The Bertz CT molecular complexity index is 3210. The smallest absolute Gasteiger partial charge is 0.0731 e. The van der Waals surface area contributed by atoms with Crippen LogP contribution < -0.4 is 4.90 Å². The van der Waals surface area contributed by atoms with E-state index in [2.05, 4.69) is 217 Å². The monoisotopic (exact) mass is 709 g/mol. The highest BCUT2D eigenvalue weighted by Gasteiger charge is 2.51. The van der Waals surface area contributed by atoms with Gasteiger partial charge in [0.25, 0.3) is 0 Å². The number of rotatable bonds is 3. The number of hydrogen-bond acceptors (Lipinski definition) is 1. The molecule has 56 heavy (non-hydrogen) atoms. The van der Waals surface area contributed by atoms with Crippen LogP contribution in [0.15, 0.2) is 212 Å². The third-order valence-electron chi connectivity index (χ3n) is 12.4. The summed E-state index contributed by atoms with van der Waals surface area (Å²) in [5.74, 6) is 0. The molecular weight excluding hydrogens is 675 g/mol. The molecule has 0 N–H and O–H groups in total. The van der Waals surface area contributed by atoms with Gasteiger partial charge in [-0.2, -0.15) is 0 Å². The van der Waals surface area contributed by atoms with Gasteiger partial charge in [0, 0.05) is 16.8 Å². The van der Waals surface area contributed by atoms with E-state index in [0.29, 0.717) is 0 Å². The van der Waals surface area contributed by atoms with Gasteiger partial charge < -0.3 is 4.90 Å². The molecule has 0 saturated heterocycles. The van der Waals surface area contributed by atoms with Crippen molar-refractivity contribution in [2.75, 3.05) is 4.90 Å². The molecule has 12 rings (SSSR count). The molecule has 2 aliphatic carbocycles. The second kappa shape index (κ2) is 11.9. The first-order valence-electron chi connectivity index (χ1n) is 19.5. The van der Waals surface area contributed by atoms with Crippen LogP contribution in [-0.4, -0.2) is 0 Å². The van der Waals surface area contributed by atoms with E-state index in [9.17, 15) is 0 Å². The van der Waals surface area contributed by atoms with Crippen molar-refractivity contribution in [3.05, 3.63) is 235 Å². The maximum Gasteiger partial charge on any atom is 0.0731 e. The highest BCUT2D eigenvalue weighted by atomic mass is 15.1. The molecule has 0 saturated carbocycles. The Morgan fingerprint density at radius 1 is 0.304 bits per heavy atom. The van der Waals surface area contributed by atoms with Gasteiger partial charge >= 0.3 is 0 Å². The molecule has 260 valence electrons. The molecule has 0 bridgehead atoms. The minimum atomic E-state index is -0.601. The molecule has 0 aromatic heterocycles. The fourth-order valence-electron chi connectivity index (χ4n) is 10.3. The molecule has 2 aliphatic rings. The van der Waals surface area contributed by atoms with Crippen LogP contribution in [-0.2, 0) is 5.41 Å². The van der Waals surface area contributed by atoms with Crippen molar-refractivity contribution in [2.45, 2.75) is 5.41 Å². The number of fused-ring (bicyclic) bond motifs is 18. The van der Waals surface area contributed by atoms with Gasteiger partial charge in [-0.15, -0.1) is 0 Å². The van der Waals surface area contributed by atoms with Crippen LogP contribution in [0, 0.1) is 0 Å². The number of para-hydroxylation sites is 1. The van der Waals surface area contributed by atoms with E-state index in [1.807, 2.05) is 0 Å². The quantitative estimate of drug-likeness (QED) is 0.165. The Kier molecular flexibility index (Phi) is 6.62. The summed E-state index contributed by atoms with van der Waals surface area (Å²) in [7, 11) is 0. The molecule has 10 aromatic carbocycles. The average Bonchev–Trinajstić information content (AvgIpc) is 3.54. The van der Waals surface area contributed by atoms with Crippen LogP contribution in [0.2, 0.25) is 0 Å². The summed E-state index contributed by atoms with van der Waals surface area (Å²) >= 11 is 0. The van der Waals surface area contributed by atoms with Crippen LogP contribution in [0.1, 0.15) is 22.3 Å². The van der Waals surface area contributed by atoms with E-state index in [4.69, 9.17) is 0 Å². The Balaban J connectivity index is 1.26. The zero-order valence-electron chi connectivity index (χ0n) is 30.7. The van der Waals surface area contributed by atoms with Gasteiger partial charge in [-0.1, -0.05) is 182 Å². The fraction of sp³-hybridized carbons (Fsp3) is 0.0182. The first-order valence-corrected chi connectivity index (χ1v) is 19.5. The van der Waals surface area contributed by atoms with Gasteiger partial charge in [0.2, 0.25) is 0 Å². The summed E-state index contributed by atoms with van der Waals surface area (Å²) in [6.45, 7) is 0. The van der Waals surface area contributed by atoms with Crippen LogP contribution in [0.3, 0.4) is 0 Å². The van der Waals surface area contributed by atoms with Crippen molar-refractivity contribution < 1.29 is 0 Å². The minimum Gasteiger partial charge on any atom is -0.310 e. The van der Waals surface area contributed by atoms with E-state index in [1.165, 1.54) is 88.0 Å². The van der Waals surface area contributed by atoms with Crippen molar-refractivity contribution in [1.29, 1.82) is 0 Å². The molecule has 1 heteroatoms. The topological polar surface area (TPSA) is 3.24 Å². The summed E-state index contributed by atoms with van der Waals surface area (Å²) in [6.07, 6.45) is 0. The maximum absolute atomic E-state index is 2.47. The number of nitrogens with zero attached hydrogens (tertiary/aromatic N) is 1. The zero-order valence-corrected chi connectivity index (χ0v) is 30.7. The second-order valence-electron chi connectivity index (χ2n) is 15.1. The molecular formula is C55H35N. The average molecular weight is 710 g/mol. The van der Waals surface area contributed by atoms with Gasteiger partial charge in [0.1, 0.15) is 0 Å². The van der Waals surface area contributed by atoms with E-state index in [1.54, 1.807) is 0 Å². The predicted molar refractivity (Wildman–Crippen MR) is 235 cm³/mol. The minimum absolute atomic E-state index is 0.601. The predicted octanol–water partition coefficient (Wildman–Crippen LogP) is 14.6. The maximum atomic E-state index is 2.47. The number of benzene rings is 10. The third kappa shape index (κ3) is 4.15. The van der Waals surface area contributed by atoms with Crippen LogP contribution in [0.4, 0.5) is 17.1 Å². The zero-order chi connectivity index (χ0) is 36.8. The van der Waals surface area contributed by atoms with Crippen LogP contribution >= 0.6 is 0 Å². The van der Waals surface area contributed by atoms with Gasteiger partial charge in [0.05, 0.1) is 11.1 Å². The lowest BCUT2D eigenvalue weighted by molar-refractivity contribution is 0.783. The van der Waals surface area contributed by atoms with Gasteiger partial charge in [-0.05, 0) is 113 Å². The lowest BCUT2D eigenvalue weighted by Gasteiger charge is -2.37. The van der Waals surface area contributed by atoms with Crippen molar-refractivity contribution in [3.8, 4) is 33.4 Å². The molecule has 1 unspecified atom stereocenters. The number of anilines is 3. The lowest BCUT2D eigenvalue weighted by Crippen LogP contribution is -2.29. The van der Waals surface area contributed by atoms with E-state index in [0.717, 1.165) is 17.1 Å². The Morgan fingerprint density at radius 3 is 1.59 bits per heavy atom. The molecule has 0 radical (unpaired) electrons. The lowest BCUT2D eigenvalue weighted by atomic mass is 9.64. The van der Waals surface area contributed by atoms with Crippen molar-refractivity contribution in [2.24, 2.45) is 0 Å².